The molecule has 0 spiro atoms. The fourth-order valence-electron chi connectivity index (χ4n) is 1.57. The number of ether oxygens (including phenoxy) is 1. The number of hydrogen-bond donors (Lipinski definition) is 2. The topological polar surface area (TPSA) is 81.4 Å². The van der Waals surface area contributed by atoms with Gasteiger partial charge in [0.05, 0.1) is 5.69 Å². The molecule has 0 aliphatic heterocycles. The lowest BCUT2D eigenvalue weighted by Crippen LogP contribution is -2.25. The second kappa shape index (κ2) is 7.84. The SMILES string of the molecule is COCCCCCNS(=O)(=O)c1cc(Br)ccc1N. The van der Waals surface area contributed by atoms with Gasteiger partial charge in [-0.05, 0) is 37.5 Å². The van der Waals surface area contributed by atoms with Gasteiger partial charge in [0.1, 0.15) is 4.90 Å². The number of nitrogens with one attached hydrogen (secondary N) is 1. The Morgan fingerprint density at radius 1 is 1.32 bits per heavy atom. The van der Waals surface area contributed by atoms with Crippen LogP contribution in [0.5, 0.6) is 0 Å². The quantitative estimate of drug-likeness (QED) is 0.555. The molecule has 0 aromatic heterocycles. The maximum absolute atomic E-state index is 12.1. The second-order valence-electron chi connectivity index (χ2n) is 4.13. The normalized spacial score (nSPS) is 11.7. The van der Waals surface area contributed by atoms with Gasteiger partial charge in [-0.15, -0.1) is 0 Å². The molecular formula is C12H19BrN2O3S. The van der Waals surface area contributed by atoms with Crippen molar-refractivity contribution < 1.29 is 13.2 Å². The Morgan fingerprint density at radius 3 is 2.74 bits per heavy atom. The molecule has 1 aromatic carbocycles. The summed E-state index contributed by atoms with van der Waals surface area (Å²) in [6.07, 6.45) is 2.62. The van der Waals surface area contributed by atoms with E-state index in [0.717, 1.165) is 19.3 Å². The largest absolute Gasteiger partial charge is 0.398 e. The number of unbranched alkanes of at least 4 members (excludes halogenated alkanes) is 2. The number of sulfonamides is 1. The zero-order valence-electron chi connectivity index (χ0n) is 10.9. The summed E-state index contributed by atoms with van der Waals surface area (Å²) in [6.45, 7) is 1.10. The highest BCUT2D eigenvalue weighted by molar-refractivity contribution is 9.10. The minimum atomic E-state index is -3.54. The molecule has 7 heteroatoms. The predicted molar refractivity (Wildman–Crippen MR) is 79.5 cm³/mol. The van der Waals surface area contributed by atoms with Crippen molar-refractivity contribution in [2.75, 3.05) is 26.0 Å². The van der Waals surface area contributed by atoms with Crippen LogP contribution in [0.25, 0.3) is 0 Å². The maximum Gasteiger partial charge on any atom is 0.242 e. The van der Waals surface area contributed by atoms with Gasteiger partial charge in [0.25, 0.3) is 0 Å². The zero-order chi connectivity index (χ0) is 14.3. The molecular weight excluding hydrogens is 332 g/mol. The van der Waals surface area contributed by atoms with Gasteiger partial charge in [-0.3, -0.25) is 0 Å². The Morgan fingerprint density at radius 2 is 2.05 bits per heavy atom. The van der Waals surface area contributed by atoms with E-state index < -0.39 is 10.0 Å². The number of nitrogen functional groups attached to an aromatic ring is 1. The Labute approximate surface area is 122 Å². The van der Waals surface area contributed by atoms with Gasteiger partial charge in [-0.2, -0.15) is 0 Å². The van der Waals surface area contributed by atoms with E-state index in [1.54, 1.807) is 19.2 Å². The van der Waals surface area contributed by atoms with Gasteiger partial charge in [-0.1, -0.05) is 15.9 Å². The van der Waals surface area contributed by atoms with Crippen molar-refractivity contribution in [1.29, 1.82) is 0 Å². The Hall–Kier alpha value is -0.630. The van der Waals surface area contributed by atoms with Gasteiger partial charge in [0.2, 0.25) is 10.0 Å². The molecule has 0 aliphatic rings. The lowest BCUT2D eigenvalue weighted by Gasteiger charge is -2.09. The fraction of sp³-hybridized carbons (Fsp3) is 0.500. The number of nitrogens with two attached hydrogens (primary N) is 1. The van der Waals surface area contributed by atoms with Crippen LogP contribution in [0.1, 0.15) is 19.3 Å². The van der Waals surface area contributed by atoms with Crippen molar-refractivity contribution in [3.8, 4) is 0 Å². The van der Waals surface area contributed by atoms with E-state index in [-0.39, 0.29) is 10.6 Å². The van der Waals surface area contributed by atoms with E-state index in [0.29, 0.717) is 17.6 Å². The molecule has 0 aliphatic carbocycles. The van der Waals surface area contributed by atoms with Crippen LogP contribution in [-0.4, -0.2) is 28.7 Å². The first-order valence-electron chi connectivity index (χ1n) is 6.01. The van der Waals surface area contributed by atoms with Crippen LogP contribution in [0.4, 0.5) is 5.69 Å². The Bertz CT molecular complexity index is 506. The van der Waals surface area contributed by atoms with Crippen molar-refractivity contribution >= 4 is 31.6 Å². The lowest BCUT2D eigenvalue weighted by atomic mass is 10.2. The van der Waals surface area contributed by atoms with Crippen LogP contribution in [0, 0.1) is 0 Å². The molecule has 0 bridgehead atoms. The zero-order valence-corrected chi connectivity index (χ0v) is 13.3. The summed E-state index contributed by atoms with van der Waals surface area (Å²) < 4.78 is 32.3. The van der Waals surface area contributed by atoms with Crippen LogP contribution in [0.3, 0.4) is 0 Å². The van der Waals surface area contributed by atoms with Gasteiger partial charge in [-0.25, -0.2) is 13.1 Å². The van der Waals surface area contributed by atoms with Gasteiger partial charge in [0, 0.05) is 24.7 Å². The Balaban J connectivity index is 2.54. The summed E-state index contributed by atoms with van der Waals surface area (Å²) in [7, 11) is -1.89. The van der Waals surface area contributed by atoms with E-state index in [1.165, 1.54) is 6.07 Å². The molecule has 0 radical (unpaired) electrons. The van der Waals surface area contributed by atoms with Crippen molar-refractivity contribution in [2.24, 2.45) is 0 Å². The van der Waals surface area contributed by atoms with Crippen molar-refractivity contribution in [1.82, 2.24) is 4.72 Å². The average Bonchev–Trinajstić information content (AvgIpc) is 2.36. The number of benzene rings is 1. The lowest BCUT2D eigenvalue weighted by molar-refractivity contribution is 0.192. The first-order chi connectivity index (χ1) is 8.97. The third-order valence-corrected chi connectivity index (χ3v) is 4.59. The molecule has 19 heavy (non-hydrogen) atoms. The number of halogens is 1. The predicted octanol–water partition coefficient (Wildman–Crippen LogP) is 2.13. The first kappa shape index (κ1) is 16.4. The molecule has 1 rings (SSSR count). The summed E-state index contributed by atoms with van der Waals surface area (Å²) in [4.78, 5) is 0.110. The van der Waals surface area contributed by atoms with Crippen molar-refractivity contribution in [3.63, 3.8) is 0 Å². The Kier molecular flexibility index (Phi) is 6.78. The molecule has 1 aromatic rings. The van der Waals surface area contributed by atoms with Gasteiger partial charge in [0.15, 0.2) is 0 Å². The summed E-state index contributed by atoms with van der Waals surface area (Å²) in [5.41, 5.74) is 5.93. The molecule has 0 atom stereocenters. The molecule has 0 amide bonds. The highest BCUT2D eigenvalue weighted by atomic mass is 79.9. The van der Waals surface area contributed by atoms with Crippen LogP contribution >= 0.6 is 15.9 Å². The average molecular weight is 351 g/mol. The number of hydrogen-bond acceptors (Lipinski definition) is 4. The summed E-state index contributed by atoms with van der Waals surface area (Å²) in [5, 5.41) is 0. The molecule has 0 heterocycles. The van der Waals surface area contributed by atoms with E-state index in [2.05, 4.69) is 20.7 Å². The number of anilines is 1. The molecule has 0 unspecified atom stereocenters. The van der Waals surface area contributed by atoms with E-state index in [1.807, 2.05) is 0 Å². The van der Waals surface area contributed by atoms with Crippen molar-refractivity contribution in [3.05, 3.63) is 22.7 Å². The molecule has 3 N–H and O–H groups in total. The van der Waals surface area contributed by atoms with E-state index in [4.69, 9.17) is 10.5 Å². The number of methoxy groups -OCH3 is 1. The van der Waals surface area contributed by atoms with Gasteiger partial charge < -0.3 is 10.5 Å². The molecule has 0 fully saturated rings. The second-order valence-corrected chi connectivity index (χ2v) is 6.78. The van der Waals surface area contributed by atoms with E-state index >= 15 is 0 Å². The molecule has 5 nitrogen and oxygen atoms in total. The molecule has 108 valence electrons. The fourth-order valence-corrected chi connectivity index (χ4v) is 3.32. The minimum absolute atomic E-state index is 0.110. The first-order valence-corrected chi connectivity index (χ1v) is 8.28. The number of rotatable bonds is 8. The van der Waals surface area contributed by atoms with Crippen LogP contribution in [-0.2, 0) is 14.8 Å². The third-order valence-electron chi connectivity index (χ3n) is 2.58. The third kappa shape index (κ3) is 5.48. The molecule has 0 saturated carbocycles. The monoisotopic (exact) mass is 350 g/mol. The van der Waals surface area contributed by atoms with Crippen LogP contribution in [0.15, 0.2) is 27.6 Å². The van der Waals surface area contributed by atoms with E-state index in [9.17, 15) is 8.42 Å². The highest BCUT2D eigenvalue weighted by Crippen LogP contribution is 2.22. The summed E-state index contributed by atoms with van der Waals surface area (Å²) in [5.74, 6) is 0. The smallest absolute Gasteiger partial charge is 0.242 e. The van der Waals surface area contributed by atoms with Crippen LogP contribution in [0.2, 0.25) is 0 Å². The maximum atomic E-state index is 12.1. The van der Waals surface area contributed by atoms with Crippen LogP contribution < -0.4 is 10.5 Å². The molecule has 0 saturated heterocycles. The standard InChI is InChI=1S/C12H19BrN2O3S/c1-18-8-4-2-3-7-15-19(16,17)12-9-10(13)5-6-11(12)14/h5-6,9,15H,2-4,7-8,14H2,1H3. The minimum Gasteiger partial charge on any atom is -0.398 e. The van der Waals surface area contributed by atoms with Crippen molar-refractivity contribution in [2.45, 2.75) is 24.2 Å². The highest BCUT2D eigenvalue weighted by Gasteiger charge is 2.16. The summed E-state index contributed by atoms with van der Waals surface area (Å²) >= 11 is 3.24. The van der Waals surface area contributed by atoms with Gasteiger partial charge >= 0.3 is 0 Å². The summed E-state index contributed by atoms with van der Waals surface area (Å²) in [6, 6.07) is 4.78.